The number of carbonyl (C=O) groups excluding carboxylic acids is 2. The molecule has 1 aromatic rings. The molecule has 0 N–H and O–H groups in total. The quantitative estimate of drug-likeness (QED) is 0.810. The first kappa shape index (κ1) is 17.8. The van der Waals surface area contributed by atoms with E-state index in [2.05, 4.69) is 0 Å². The maximum Gasteiger partial charge on any atom is 0.417 e. The Morgan fingerprint density at radius 2 is 2.09 bits per heavy atom. The molecule has 1 heterocycles. The fraction of sp³-hybridized carbons (Fsp3) is 0.500. The maximum absolute atomic E-state index is 12.8. The van der Waals surface area contributed by atoms with Gasteiger partial charge in [0, 0.05) is 19.4 Å². The monoisotopic (exact) mass is 347 g/mol. The van der Waals surface area contributed by atoms with Gasteiger partial charge in [0.1, 0.15) is 0 Å². The summed E-state index contributed by atoms with van der Waals surface area (Å²) in [5.41, 5.74) is -0.599. The summed E-state index contributed by atoms with van der Waals surface area (Å²) in [4.78, 5) is 25.4. The van der Waals surface area contributed by atoms with E-state index in [4.69, 9.17) is 11.6 Å². The van der Waals surface area contributed by atoms with Gasteiger partial charge in [0.05, 0.1) is 16.6 Å². The molecule has 0 radical (unpaired) electrons. The maximum atomic E-state index is 12.8. The van der Waals surface area contributed by atoms with Crippen LogP contribution in [0.4, 0.5) is 13.2 Å². The molecule has 1 saturated heterocycles. The summed E-state index contributed by atoms with van der Waals surface area (Å²) in [6, 6.07) is 3.23. The SMILES string of the molecule is CCN1C(=O)CC[C@H]1C(=O)CCc1cccc(C(F)(F)F)c1Cl. The molecule has 0 aromatic heterocycles. The number of amides is 1. The molecule has 1 fully saturated rings. The predicted octanol–water partition coefficient (Wildman–Crippen LogP) is 3.87. The van der Waals surface area contributed by atoms with Crippen molar-refractivity contribution < 1.29 is 22.8 Å². The third-order valence-corrected chi connectivity index (χ3v) is 4.51. The topological polar surface area (TPSA) is 37.4 Å². The van der Waals surface area contributed by atoms with Gasteiger partial charge in [-0.15, -0.1) is 0 Å². The van der Waals surface area contributed by atoms with Crippen molar-refractivity contribution in [2.24, 2.45) is 0 Å². The largest absolute Gasteiger partial charge is 0.417 e. The minimum Gasteiger partial charge on any atom is -0.333 e. The summed E-state index contributed by atoms with van der Waals surface area (Å²) in [5, 5.41) is -0.359. The summed E-state index contributed by atoms with van der Waals surface area (Å²) in [7, 11) is 0. The second kappa shape index (κ2) is 6.91. The predicted molar refractivity (Wildman–Crippen MR) is 80.2 cm³/mol. The summed E-state index contributed by atoms with van der Waals surface area (Å²) in [6.45, 7) is 2.26. The Bertz CT molecular complexity index is 616. The van der Waals surface area contributed by atoms with Gasteiger partial charge in [-0.2, -0.15) is 13.2 Å². The number of ketones is 1. The van der Waals surface area contributed by atoms with Crippen molar-refractivity contribution in [2.75, 3.05) is 6.54 Å². The Labute approximate surface area is 137 Å². The fourth-order valence-corrected chi connectivity index (χ4v) is 3.21. The van der Waals surface area contributed by atoms with Gasteiger partial charge in [-0.3, -0.25) is 9.59 Å². The summed E-state index contributed by atoms with van der Waals surface area (Å²) in [5.74, 6) is -0.186. The molecular formula is C16H17ClF3NO2. The van der Waals surface area contributed by atoms with Crippen LogP contribution in [0.2, 0.25) is 5.02 Å². The molecule has 23 heavy (non-hydrogen) atoms. The van der Waals surface area contributed by atoms with Crippen molar-refractivity contribution in [3.05, 3.63) is 34.3 Å². The average Bonchev–Trinajstić information content (AvgIpc) is 2.85. The lowest BCUT2D eigenvalue weighted by Gasteiger charge is -2.22. The third-order valence-electron chi connectivity index (χ3n) is 4.07. The standard InChI is InChI=1S/C16H17ClF3NO2/c1-2-21-12(7-9-14(21)23)13(22)8-6-10-4-3-5-11(15(10)17)16(18,19)20/h3-5,12H,2,6-9H2,1H3/t12-/m0/s1. The van der Waals surface area contributed by atoms with Gasteiger partial charge in [0.15, 0.2) is 5.78 Å². The zero-order chi connectivity index (χ0) is 17.2. The Hall–Kier alpha value is -1.56. The van der Waals surface area contributed by atoms with E-state index in [1.54, 1.807) is 6.92 Å². The molecule has 3 nitrogen and oxygen atoms in total. The number of nitrogens with zero attached hydrogens (tertiary/aromatic N) is 1. The molecule has 1 aliphatic heterocycles. The molecule has 1 aliphatic rings. The zero-order valence-corrected chi connectivity index (χ0v) is 13.4. The molecule has 1 aromatic carbocycles. The lowest BCUT2D eigenvalue weighted by Crippen LogP contribution is -2.38. The summed E-state index contributed by atoms with van der Waals surface area (Å²) < 4.78 is 38.5. The van der Waals surface area contributed by atoms with E-state index in [-0.39, 0.29) is 29.6 Å². The molecule has 0 unspecified atom stereocenters. The Kier molecular flexibility index (Phi) is 5.34. The Balaban J connectivity index is 2.07. The van der Waals surface area contributed by atoms with Crippen LogP contribution < -0.4 is 0 Å². The van der Waals surface area contributed by atoms with Gasteiger partial charge in [-0.05, 0) is 31.4 Å². The van der Waals surface area contributed by atoms with Crippen molar-refractivity contribution in [2.45, 2.75) is 44.8 Å². The molecule has 7 heteroatoms. The van der Waals surface area contributed by atoms with Crippen molar-refractivity contribution in [3.63, 3.8) is 0 Å². The van der Waals surface area contributed by atoms with E-state index in [9.17, 15) is 22.8 Å². The smallest absolute Gasteiger partial charge is 0.333 e. The van der Waals surface area contributed by atoms with Crippen molar-refractivity contribution in [1.82, 2.24) is 4.90 Å². The number of benzene rings is 1. The number of alkyl halides is 3. The van der Waals surface area contributed by atoms with Gasteiger partial charge >= 0.3 is 6.18 Å². The second-order valence-electron chi connectivity index (χ2n) is 5.48. The molecule has 1 atom stereocenters. The highest BCUT2D eigenvalue weighted by molar-refractivity contribution is 6.32. The number of likely N-dealkylation sites (N-methyl/N-ethyl adjacent to an activating group) is 1. The van der Waals surface area contributed by atoms with E-state index in [0.717, 1.165) is 6.07 Å². The number of aryl methyl sites for hydroxylation is 1. The minimum atomic E-state index is -4.52. The van der Waals surface area contributed by atoms with E-state index >= 15 is 0 Å². The van der Waals surface area contributed by atoms with Crippen LogP contribution in [0.5, 0.6) is 0 Å². The fourth-order valence-electron chi connectivity index (χ4n) is 2.88. The van der Waals surface area contributed by atoms with Crippen LogP contribution in [0.25, 0.3) is 0 Å². The van der Waals surface area contributed by atoms with Crippen LogP contribution >= 0.6 is 11.6 Å². The van der Waals surface area contributed by atoms with E-state index in [1.807, 2.05) is 0 Å². The number of Topliss-reactive ketones (excluding diaryl/α,β-unsaturated/α-hetero) is 1. The average molecular weight is 348 g/mol. The first-order valence-corrected chi connectivity index (χ1v) is 7.80. The molecule has 0 bridgehead atoms. The van der Waals surface area contributed by atoms with Gasteiger partial charge < -0.3 is 4.90 Å². The lowest BCUT2D eigenvalue weighted by atomic mass is 10.0. The van der Waals surface area contributed by atoms with Gasteiger partial charge in [0.25, 0.3) is 0 Å². The lowest BCUT2D eigenvalue weighted by molar-refractivity contribution is -0.137. The van der Waals surface area contributed by atoms with E-state index in [0.29, 0.717) is 24.9 Å². The van der Waals surface area contributed by atoms with Crippen LogP contribution in [0.3, 0.4) is 0 Å². The molecular weight excluding hydrogens is 331 g/mol. The van der Waals surface area contributed by atoms with E-state index in [1.165, 1.54) is 17.0 Å². The van der Waals surface area contributed by atoms with Crippen LogP contribution in [-0.2, 0) is 22.2 Å². The van der Waals surface area contributed by atoms with Gasteiger partial charge in [-0.1, -0.05) is 23.7 Å². The van der Waals surface area contributed by atoms with E-state index < -0.39 is 17.8 Å². The van der Waals surface area contributed by atoms with Gasteiger partial charge in [-0.25, -0.2) is 0 Å². The van der Waals surface area contributed by atoms with Crippen LogP contribution in [0.15, 0.2) is 18.2 Å². The third kappa shape index (κ3) is 3.86. The second-order valence-corrected chi connectivity index (χ2v) is 5.85. The van der Waals surface area contributed by atoms with Crippen LogP contribution in [-0.4, -0.2) is 29.2 Å². The van der Waals surface area contributed by atoms with Crippen molar-refractivity contribution >= 4 is 23.3 Å². The zero-order valence-electron chi connectivity index (χ0n) is 12.6. The highest BCUT2D eigenvalue weighted by Crippen LogP contribution is 2.36. The van der Waals surface area contributed by atoms with Crippen molar-refractivity contribution in [1.29, 1.82) is 0 Å². The van der Waals surface area contributed by atoms with Crippen LogP contribution in [0.1, 0.15) is 37.3 Å². The number of hydrogen-bond donors (Lipinski definition) is 0. The molecule has 1 amide bonds. The number of carbonyl (C=O) groups is 2. The molecule has 0 spiro atoms. The first-order valence-electron chi connectivity index (χ1n) is 7.42. The normalized spacial score (nSPS) is 18.6. The molecule has 2 rings (SSSR count). The van der Waals surface area contributed by atoms with Crippen LogP contribution in [0, 0.1) is 0 Å². The highest BCUT2D eigenvalue weighted by atomic mass is 35.5. The van der Waals surface area contributed by atoms with Gasteiger partial charge in [0.2, 0.25) is 5.91 Å². The minimum absolute atomic E-state index is 0.0528. The Morgan fingerprint density at radius 1 is 1.39 bits per heavy atom. The number of halogens is 4. The molecule has 126 valence electrons. The first-order chi connectivity index (χ1) is 10.8. The molecule has 0 aliphatic carbocycles. The highest BCUT2D eigenvalue weighted by Gasteiger charge is 2.35. The summed E-state index contributed by atoms with van der Waals surface area (Å²) in [6.07, 6.45) is -3.51. The number of likely N-dealkylation sites (tertiary alicyclic amines) is 1. The Morgan fingerprint density at radius 3 is 2.70 bits per heavy atom. The number of rotatable bonds is 5. The molecule has 0 saturated carbocycles. The summed E-state index contributed by atoms with van der Waals surface area (Å²) >= 11 is 5.82. The number of hydrogen-bond acceptors (Lipinski definition) is 2. The van der Waals surface area contributed by atoms with Crippen molar-refractivity contribution in [3.8, 4) is 0 Å².